The number of halogens is 1. The Bertz CT molecular complexity index is 914. The van der Waals surface area contributed by atoms with Crippen molar-refractivity contribution >= 4 is 11.6 Å². The zero-order valence-corrected chi connectivity index (χ0v) is 16.8. The molecule has 0 aromatic heterocycles. The minimum Gasteiger partial charge on any atom is -0.389 e. The van der Waals surface area contributed by atoms with E-state index in [1.807, 2.05) is 36.4 Å². The molecule has 0 radical (unpaired) electrons. The Balaban J connectivity index is 1.72. The minimum absolute atomic E-state index is 0.0335. The van der Waals surface area contributed by atoms with E-state index in [1.165, 1.54) is 11.1 Å². The lowest BCUT2D eigenvalue weighted by Gasteiger charge is -2.48. The number of rotatable bonds is 4. The van der Waals surface area contributed by atoms with E-state index < -0.39 is 5.60 Å². The average molecular weight is 392 g/mol. The summed E-state index contributed by atoms with van der Waals surface area (Å²) in [6.07, 6.45) is 1.19. The van der Waals surface area contributed by atoms with Gasteiger partial charge in [0.15, 0.2) is 0 Å². The van der Waals surface area contributed by atoms with Crippen molar-refractivity contribution in [1.29, 1.82) is 0 Å². The maximum absolute atomic E-state index is 11.9. The largest absolute Gasteiger partial charge is 0.389 e. The molecule has 28 heavy (non-hydrogen) atoms. The highest BCUT2D eigenvalue weighted by Gasteiger charge is 2.46. The summed E-state index contributed by atoms with van der Waals surface area (Å²) in [5.41, 5.74) is 2.54. The fourth-order valence-corrected chi connectivity index (χ4v) is 4.62. The van der Waals surface area contributed by atoms with Crippen LogP contribution < -0.4 is 5.32 Å². The van der Waals surface area contributed by atoms with Crippen molar-refractivity contribution in [3.05, 3.63) is 107 Å². The molecule has 1 saturated heterocycles. The Morgan fingerprint density at radius 2 is 1.46 bits per heavy atom. The molecule has 3 heteroatoms. The van der Waals surface area contributed by atoms with Gasteiger partial charge in [0.25, 0.3) is 0 Å². The van der Waals surface area contributed by atoms with Gasteiger partial charge < -0.3 is 10.4 Å². The van der Waals surface area contributed by atoms with Crippen molar-refractivity contribution in [1.82, 2.24) is 5.32 Å². The predicted octanol–water partition coefficient (Wildman–Crippen LogP) is 5.73. The first-order chi connectivity index (χ1) is 13.6. The van der Waals surface area contributed by atoms with Gasteiger partial charge in [-0.15, -0.1) is 0 Å². The van der Waals surface area contributed by atoms with E-state index >= 15 is 0 Å². The quantitative estimate of drug-likeness (QED) is 0.595. The van der Waals surface area contributed by atoms with Crippen molar-refractivity contribution < 1.29 is 5.11 Å². The molecule has 1 aliphatic heterocycles. The summed E-state index contributed by atoms with van der Waals surface area (Å²) in [6, 6.07) is 28.8. The second kappa shape index (κ2) is 8.08. The third-order valence-electron chi connectivity index (χ3n) is 6.10. The summed E-state index contributed by atoms with van der Waals surface area (Å²) in [7, 11) is 0. The number of piperidine rings is 1. The fraction of sp³-hybridized carbons (Fsp3) is 0.280. The van der Waals surface area contributed by atoms with E-state index in [1.54, 1.807) is 0 Å². The fourth-order valence-electron chi connectivity index (χ4n) is 4.42. The molecule has 0 saturated carbocycles. The second-order valence-corrected chi connectivity index (χ2v) is 8.29. The smallest absolute Gasteiger partial charge is 0.0750 e. The summed E-state index contributed by atoms with van der Waals surface area (Å²) in [5.74, 6) is 0.0335. The highest BCUT2D eigenvalue weighted by atomic mass is 35.5. The molecule has 4 atom stereocenters. The first-order valence-corrected chi connectivity index (χ1v) is 10.3. The summed E-state index contributed by atoms with van der Waals surface area (Å²) >= 11 is 6.43. The third kappa shape index (κ3) is 3.86. The Hall–Kier alpha value is -2.13. The van der Waals surface area contributed by atoms with Crippen LogP contribution >= 0.6 is 11.6 Å². The van der Waals surface area contributed by atoms with Crippen molar-refractivity contribution in [3.63, 3.8) is 0 Å². The maximum Gasteiger partial charge on any atom is 0.0750 e. The van der Waals surface area contributed by atoms with Crippen LogP contribution in [0.3, 0.4) is 0 Å². The number of nitrogens with one attached hydrogen (secondary N) is 1. The number of aliphatic hydroxyl groups is 1. The van der Waals surface area contributed by atoms with E-state index in [0.29, 0.717) is 17.9 Å². The van der Waals surface area contributed by atoms with Crippen LogP contribution in [0, 0.1) is 5.92 Å². The summed E-state index contributed by atoms with van der Waals surface area (Å²) in [5, 5.41) is 16.4. The zero-order valence-electron chi connectivity index (χ0n) is 16.1. The van der Waals surface area contributed by atoms with E-state index in [9.17, 15) is 5.11 Å². The standard InChI is InChI=1S/C25H26ClNO/c1-18-24(20-12-6-3-7-13-20)27-23(19-10-4-2-5-11-19)17-25(18,28)16-21-14-8-9-15-22(21)26/h2-15,18,23-24,27-28H,16-17H2,1H3/t18-,23+,24+,25-/m1/s1. The minimum atomic E-state index is -0.864. The van der Waals surface area contributed by atoms with Gasteiger partial charge in [-0.25, -0.2) is 0 Å². The lowest BCUT2D eigenvalue weighted by molar-refractivity contribution is -0.0674. The first-order valence-electron chi connectivity index (χ1n) is 9.88. The number of benzene rings is 3. The van der Waals surface area contributed by atoms with Gasteiger partial charge in [-0.1, -0.05) is 97.4 Å². The Kier molecular flexibility index (Phi) is 5.54. The van der Waals surface area contributed by atoms with Gasteiger partial charge in [-0.3, -0.25) is 0 Å². The lowest BCUT2D eigenvalue weighted by atomic mass is 9.69. The van der Waals surface area contributed by atoms with Crippen molar-refractivity contribution in [3.8, 4) is 0 Å². The maximum atomic E-state index is 11.9. The van der Waals surface area contributed by atoms with Crippen LogP contribution in [0.5, 0.6) is 0 Å². The summed E-state index contributed by atoms with van der Waals surface area (Å²) < 4.78 is 0. The van der Waals surface area contributed by atoms with Gasteiger partial charge >= 0.3 is 0 Å². The highest BCUT2D eigenvalue weighted by molar-refractivity contribution is 6.31. The molecular weight excluding hydrogens is 366 g/mol. The molecule has 3 aromatic rings. The van der Waals surface area contributed by atoms with Crippen LogP contribution in [0.15, 0.2) is 84.9 Å². The highest BCUT2D eigenvalue weighted by Crippen LogP contribution is 2.45. The van der Waals surface area contributed by atoms with Gasteiger partial charge in [0.1, 0.15) is 0 Å². The molecule has 0 aliphatic carbocycles. The molecule has 0 spiro atoms. The van der Waals surface area contributed by atoms with Gasteiger partial charge in [0.05, 0.1) is 5.60 Å². The Labute approximate surface area is 172 Å². The van der Waals surface area contributed by atoms with Crippen molar-refractivity contribution in [2.75, 3.05) is 0 Å². The number of hydrogen-bond donors (Lipinski definition) is 2. The van der Waals surface area contributed by atoms with Crippen LogP contribution in [-0.2, 0) is 6.42 Å². The van der Waals surface area contributed by atoms with Gasteiger partial charge in [-0.05, 0) is 29.2 Å². The zero-order chi connectivity index (χ0) is 19.6. The van der Waals surface area contributed by atoms with E-state index in [0.717, 1.165) is 5.56 Å². The van der Waals surface area contributed by atoms with Gasteiger partial charge in [-0.2, -0.15) is 0 Å². The summed E-state index contributed by atoms with van der Waals surface area (Å²) in [6.45, 7) is 2.14. The van der Waals surface area contributed by atoms with Gasteiger partial charge in [0, 0.05) is 29.4 Å². The van der Waals surface area contributed by atoms with E-state index in [-0.39, 0.29) is 18.0 Å². The molecular formula is C25H26ClNO. The molecule has 1 aliphatic rings. The third-order valence-corrected chi connectivity index (χ3v) is 6.47. The molecule has 1 fully saturated rings. The van der Waals surface area contributed by atoms with Gasteiger partial charge in [0.2, 0.25) is 0 Å². The number of hydrogen-bond acceptors (Lipinski definition) is 2. The second-order valence-electron chi connectivity index (χ2n) is 7.88. The van der Waals surface area contributed by atoms with Crippen LogP contribution in [0.2, 0.25) is 5.02 Å². The van der Waals surface area contributed by atoms with Crippen molar-refractivity contribution in [2.24, 2.45) is 5.92 Å². The van der Waals surface area contributed by atoms with Crippen molar-refractivity contribution in [2.45, 2.75) is 37.5 Å². The lowest BCUT2D eigenvalue weighted by Crippen LogP contribution is -2.53. The monoisotopic (exact) mass is 391 g/mol. The molecule has 0 unspecified atom stereocenters. The summed E-state index contributed by atoms with van der Waals surface area (Å²) in [4.78, 5) is 0. The van der Waals surface area contributed by atoms with Crippen LogP contribution in [0.1, 0.15) is 42.1 Å². The molecule has 2 N–H and O–H groups in total. The normalized spacial score (nSPS) is 27.5. The Morgan fingerprint density at radius 3 is 2.11 bits per heavy atom. The molecule has 2 nitrogen and oxygen atoms in total. The molecule has 0 bridgehead atoms. The molecule has 4 rings (SSSR count). The topological polar surface area (TPSA) is 32.3 Å². The molecule has 3 aromatic carbocycles. The van der Waals surface area contributed by atoms with E-state index in [2.05, 4.69) is 60.8 Å². The average Bonchev–Trinajstić information content (AvgIpc) is 2.73. The first kappa shape index (κ1) is 19.2. The van der Waals surface area contributed by atoms with E-state index in [4.69, 9.17) is 11.6 Å². The molecule has 0 amide bonds. The van der Waals surface area contributed by atoms with Crippen LogP contribution in [-0.4, -0.2) is 10.7 Å². The molecule has 1 heterocycles. The Morgan fingerprint density at radius 1 is 0.893 bits per heavy atom. The SMILES string of the molecule is C[C@@H]1[C@@H](c2ccccc2)N[C@H](c2ccccc2)C[C@]1(O)Cc1ccccc1Cl. The van der Waals surface area contributed by atoms with Crippen LogP contribution in [0.25, 0.3) is 0 Å². The van der Waals surface area contributed by atoms with Crippen LogP contribution in [0.4, 0.5) is 0 Å². The predicted molar refractivity (Wildman–Crippen MR) is 115 cm³/mol. The molecule has 144 valence electrons.